The lowest BCUT2D eigenvalue weighted by Crippen LogP contribution is -2.30. The van der Waals surface area contributed by atoms with Gasteiger partial charge in [0.25, 0.3) is 0 Å². The van der Waals surface area contributed by atoms with Crippen LogP contribution in [0.4, 0.5) is 13.2 Å². The zero-order valence-corrected chi connectivity index (χ0v) is 7.18. The Morgan fingerprint density at radius 1 is 1.46 bits per heavy atom. The molecule has 78 valence electrons. The van der Waals surface area contributed by atoms with E-state index in [2.05, 4.69) is 4.74 Å². The minimum Gasteiger partial charge on any atom is -0.326 e. The summed E-state index contributed by atoms with van der Waals surface area (Å²) in [5.41, 5.74) is 5.58. The largest absolute Gasteiger partial charge is 0.522 e. The zero-order valence-electron chi connectivity index (χ0n) is 7.18. The van der Waals surface area contributed by atoms with Crippen LogP contribution in [-0.2, 0) is 4.74 Å². The van der Waals surface area contributed by atoms with E-state index < -0.39 is 6.36 Å². The monoisotopic (exact) mass is 198 g/mol. The third-order valence-corrected chi connectivity index (χ3v) is 1.98. The van der Waals surface area contributed by atoms with Gasteiger partial charge in [-0.05, 0) is 13.0 Å². The van der Waals surface area contributed by atoms with Crippen LogP contribution < -0.4 is 5.73 Å². The Labute approximate surface area is 74.6 Å². The summed E-state index contributed by atoms with van der Waals surface area (Å²) in [5, 5.41) is 0. The van der Waals surface area contributed by atoms with Gasteiger partial charge in [0.05, 0.1) is 6.61 Å². The number of hydrogen-bond acceptors (Lipinski definition) is 3. The molecule has 13 heavy (non-hydrogen) atoms. The molecule has 0 saturated carbocycles. The Bertz CT molecular complexity index is 162. The Morgan fingerprint density at radius 2 is 2.15 bits per heavy atom. The van der Waals surface area contributed by atoms with Crippen molar-refractivity contribution in [2.45, 2.75) is 18.8 Å². The SMILES string of the molecule is N[C@H]1CCN(CCOC(F)(F)F)C1. The van der Waals surface area contributed by atoms with Crippen molar-refractivity contribution in [3.05, 3.63) is 0 Å². The third-order valence-electron chi connectivity index (χ3n) is 1.98. The van der Waals surface area contributed by atoms with Gasteiger partial charge in [-0.3, -0.25) is 9.64 Å². The molecule has 6 heteroatoms. The van der Waals surface area contributed by atoms with E-state index in [1.54, 1.807) is 0 Å². The second-order valence-corrected chi connectivity index (χ2v) is 3.14. The molecule has 0 aromatic carbocycles. The maximum absolute atomic E-state index is 11.5. The average molecular weight is 198 g/mol. The van der Waals surface area contributed by atoms with Gasteiger partial charge in [0, 0.05) is 19.1 Å². The van der Waals surface area contributed by atoms with Crippen molar-refractivity contribution < 1.29 is 17.9 Å². The number of hydrogen-bond donors (Lipinski definition) is 1. The smallest absolute Gasteiger partial charge is 0.326 e. The molecule has 1 aliphatic heterocycles. The molecule has 0 radical (unpaired) electrons. The van der Waals surface area contributed by atoms with Gasteiger partial charge in [-0.1, -0.05) is 0 Å². The van der Waals surface area contributed by atoms with Gasteiger partial charge in [0.2, 0.25) is 0 Å². The molecule has 1 rings (SSSR count). The third kappa shape index (κ3) is 4.44. The predicted molar refractivity (Wildman–Crippen MR) is 41.0 cm³/mol. The van der Waals surface area contributed by atoms with Crippen molar-refractivity contribution in [1.82, 2.24) is 4.90 Å². The zero-order chi connectivity index (χ0) is 9.90. The summed E-state index contributed by atoms with van der Waals surface area (Å²) in [6.45, 7) is 1.42. The van der Waals surface area contributed by atoms with Crippen LogP contribution in [-0.4, -0.2) is 43.5 Å². The van der Waals surface area contributed by atoms with Crippen molar-refractivity contribution in [1.29, 1.82) is 0 Å². The quantitative estimate of drug-likeness (QED) is 0.720. The van der Waals surface area contributed by atoms with Gasteiger partial charge in [0.15, 0.2) is 0 Å². The van der Waals surface area contributed by atoms with Crippen LogP contribution in [0.25, 0.3) is 0 Å². The van der Waals surface area contributed by atoms with Gasteiger partial charge < -0.3 is 5.73 Å². The molecule has 0 aliphatic carbocycles. The summed E-state index contributed by atoms with van der Waals surface area (Å²) in [7, 11) is 0. The first-order valence-corrected chi connectivity index (χ1v) is 4.16. The van der Waals surface area contributed by atoms with Crippen molar-refractivity contribution >= 4 is 0 Å². The van der Waals surface area contributed by atoms with Gasteiger partial charge >= 0.3 is 6.36 Å². The molecule has 0 unspecified atom stereocenters. The van der Waals surface area contributed by atoms with Crippen LogP contribution in [0.5, 0.6) is 0 Å². The van der Waals surface area contributed by atoms with Gasteiger partial charge in [-0.25, -0.2) is 0 Å². The molecule has 0 aromatic rings. The lowest BCUT2D eigenvalue weighted by molar-refractivity contribution is -0.324. The summed E-state index contributed by atoms with van der Waals surface area (Å²) in [5.74, 6) is 0. The number of halogens is 3. The molecular formula is C7H13F3N2O. The van der Waals surface area contributed by atoms with Gasteiger partial charge in [-0.15, -0.1) is 13.2 Å². The highest BCUT2D eigenvalue weighted by Crippen LogP contribution is 2.16. The standard InChI is InChI=1S/C7H13F3N2O/c8-7(9,10)13-4-3-12-2-1-6(11)5-12/h6H,1-5,11H2/t6-/m0/s1. The van der Waals surface area contributed by atoms with E-state index in [-0.39, 0.29) is 12.6 Å². The lowest BCUT2D eigenvalue weighted by Gasteiger charge is -2.15. The molecular weight excluding hydrogens is 185 g/mol. The van der Waals surface area contributed by atoms with Crippen LogP contribution in [0.3, 0.4) is 0 Å². The van der Waals surface area contributed by atoms with E-state index in [4.69, 9.17) is 5.73 Å². The Kier molecular flexibility index (Phi) is 3.52. The second-order valence-electron chi connectivity index (χ2n) is 3.14. The highest BCUT2D eigenvalue weighted by molar-refractivity contribution is 4.77. The van der Waals surface area contributed by atoms with Crippen LogP contribution in [0.1, 0.15) is 6.42 Å². The molecule has 2 N–H and O–H groups in total. The van der Waals surface area contributed by atoms with E-state index in [0.717, 1.165) is 13.0 Å². The fourth-order valence-electron chi connectivity index (χ4n) is 1.36. The molecule has 0 aromatic heterocycles. The van der Waals surface area contributed by atoms with E-state index >= 15 is 0 Å². The fraction of sp³-hybridized carbons (Fsp3) is 1.00. The van der Waals surface area contributed by atoms with Crippen molar-refractivity contribution in [2.24, 2.45) is 5.73 Å². The van der Waals surface area contributed by atoms with Crippen molar-refractivity contribution in [3.8, 4) is 0 Å². The molecule has 3 nitrogen and oxygen atoms in total. The number of alkyl halides is 3. The average Bonchev–Trinajstić information content (AvgIpc) is 2.33. The Hall–Kier alpha value is -0.330. The van der Waals surface area contributed by atoms with Crippen molar-refractivity contribution in [3.63, 3.8) is 0 Å². The van der Waals surface area contributed by atoms with Gasteiger partial charge in [-0.2, -0.15) is 0 Å². The molecule has 0 bridgehead atoms. The Balaban J connectivity index is 2.07. The summed E-state index contributed by atoms with van der Waals surface area (Å²) in [4.78, 5) is 1.87. The lowest BCUT2D eigenvalue weighted by atomic mass is 10.3. The van der Waals surface area contributed by atoms with Gasteiger partial charge in [0.1, 0.15) is 0 Å². The molecule has 1 saturated heterocycles. The highest BCUT2D eigenvalue weighted by Gasteiger charge is 2.29. The van der Waals surface area contributed by atoms with E-state index in [1.807, 2.05) is 4.90 Å². The fourth-order valence-corrected chi connectivity index (χ4v) is 1.36. The molecule has 0 amide bonds. The van der Waals surface area contributed by atoms with Crippen LogP contribution >= 0.6 is 0 Å². The highest BCUT2D eigenvalue weighted by atomic mass is 19.4. The normalized spacial score (nSPS) is 25.4. The summed E-state index contributed by atoms with van der Waals surface area (Å²) < 4.78 is 38.3. The van der Waals surface area contributed by atoms with E-state index in [1.165, 1.54) is 0 Å². The van der Waals surface area contributed by atoms with E-state index in [9.17, 15) is 13.2 Å². The first-order valence-electron chi connectivity index (χ1n) is 4.16. The molecule has 1 atom stereocenters. The maximum atomic E-state index is 11.5. The molecule has 1 aliphatic rings. The predicted octanol–water partition coefficient (Wildman–Crippen LogP) is 0.556. The van der Waals surface area contributed by atoms with E-state index in [0.29, 0.717) is 13.1 Å². The number of likely N-dealkylation sites (tertiary alicyclic amines) is 1. The molecule has 1 heterocycles. The van der Waals surface area contributed by atoms with Crippen LogP contribution in [0, 0.1) is 0 Å². The van der Waals surface area contributed by atoms with Crippen LogP contribution in [0.15, 0.2) is 0 Å². The number of nitrogens with two attached hydrogens (primary N) is 1. The maximum Gasteiger partial charge on any atom is 0.522 e. The Morgan fingerprint density at radius 3 is 2.62 bits per heavy atom. The first-order chi connectivity index (χ1) is 5.97. The first kappa shape index (κ1) is 10.7. The second kappa shape index (κ2) is 4.26. The summed E-state index contributed by atoms with van der Waals surface area (Å²) in [6.07, 6.45) is -3.66. The minimum absolute atomic E-state index is 0.103. The minimum atomic E-state index is -4.51. The number of ether oxygens (including phenoxy) is 1. The molecule has 0 spiro atoms. The number of nitrogens with zero attached hydrogens (tertiary/aromatic N) is 1. The molecule has 1 fully saturated rings. The van der Waals surface area contributed by atoms with Crippen LogP contribution in [0.2, 0.25) is 0 Å². The topological polar surface area (TPSA) is 38.5 Å². The summed E-state index contributed by atoms with van der Waals surface area (Å²) >= 11 is 0. The van der Waals surface area contributed by atoms with Crippen molar-refractivity contribution in [2.75, 3.05) is 26.2 Å². The summed E-state index contributed by atoms with van der Waals surface area (Å²) in [6, 6.07) is 0.103. The number of rotatable bonds is 3.